The van der Waals surface area contributed by atoms with Gasteiger partial charge in [0.25, 0.3) is 0 Å². The lowest BCUT2D eigenvalue weighted by Crippen LogP contribution is -2.30. The van der Waals surface area contributed by atoms with Crippen LogP contribution in [0.4, 0.5) is 0 Å². The quantitative estimate of drug-likeness (QED) is 0.0262. The first-order chi connectivity index (χ1) is 34.0. The van der Waals surface area contributed by atoms with E-state index in [2.05, 4.69) is 69.4 Å². The molecular formula is C63H114O6. The first-order valence-electron chi connectivity index (χ1n) is 30.1. The summed E-state index contributed by atoms with van der Waals surface area (Å²) in [5.41, 5.74) is 0. The van der Waals surface area contributed by atoms with E-state index in [-0.39, 0.29) is 31.1 Å². The van der Waals surface area contributed by atoms with Gasteiger partial charge in [-0.05, 0) is 103 Å². The molecule has 0 aliphatic carbocycles. The van der Waals surface area contributed by atoms with E-state index in [1.54, 1.807) is 0 Å². The van der Waals surface area contributed by atoms with Crippen LogP contribution in [-0.4, -0.2) is 37.2 Å². The molecule has 0 spiro atoms. The lowest BCUT2D eigenvalue weighted by molar-refractivity contribution is -0.167. The van der Waals surface area contributed by atoms with Crippen LogP contribution in [0.25, 0.3) is 0 Å². The smallest absolute Gasteiger partial charge is 0.306 e. The number of allylic oxidation sites excluding steroid dienone is 8. The maximum atomic E-state index is 12.9. The molecule has 1 unspecified atom stereocenters. The van der Waals surface area contributed by atoms with Gasteiger partial charge in [0.1, 0.15) is 13.2 Å². The zero-order chi connectivity index (χ0) is 50.0. The Bertz CT molecular complexity index is 1200. The third kappa shape index (κ3) is 56.2. The van der Waals surface area contributed by atoms with Crippen LogP contribution in [0, 0.1) is 0 Å². The van der Waals surface area contributed by atoms with Crippen molar-refractivity contribution in [3.63, 3.8) is 0 Å². The Morgan fingerprint density at radius 3 is 0.855 bits per heavy atom. The van der Waals surface area contributed by atoms with Crippen LogP contribution in [-0.2, 0) is 28.6 Å². The van der Waals surface area contributed by atoms with Gasteiger partial charge in [0, 0.05) is 19.3 Å². The minimum absolute atomic E-state index is 0.0769. The summed E-state index contributed by atoms with van der Waals surface area (Å²) >= 11 is 0. The molecule has 6 nitrogen and oxygen atoms in total. The molecule has 0 aliphatic heterocycles. The molecule has 0 bridgehead atoms. The fourth-order valence-corrected chi connectivity index (χ4v) is 8.70. The van der Waals surface area contributed by atoms with Crippen molar-refractivity contribution in [1.29, 1.82) is 0 Å². The number of ether oxygens (including phenoxy) is 3. The van der Waals surface area contributed by atoms with Crippen molar-refractivity contribution in [2.24, 2.45) is 0 Å². The van der Waals surface area contributed by atoms with Gasteiger partial charge in [0.2, 0.25) is 0 Å². The summed E-state index contributed by atoms with van der Waals surface area (Å²) < 4.78 is 16.9. The molecule has 0 saturated heterocycles. The standard InChI is InChI=1S/C63H114O6/c1-4-7-10-13-16-19-22-25-27-29-31-33-35-38-41-44-47-50-53-56-62(65)68-59-60(58-67-61(64)55-52-49-46-43-40-37-24-21-18-15-12-9-6-3)69-63(66)57-54-51-48-45-42-39-36-34-32-30-28-26-23-20-17-14-11-8-5-2/h16,19,21,24-28,60H,4-15,17-18,20,22-23,29-59H2,1-3H3/b19-16-,24-21-,27-25-,28-26-. The Morgan fingerprint density at radius 2 is 0.522 bits per heavy atom. The number of rotatable bonds is 55. The van der Waals surface area contributed by atoms with Gasteiger partial charge in [-0.2, -0.15) is 0 Å². The zero-order valence-electron chi connectivity index (χ0n) is 46.1. The van der Waals surface area contributed by atoms with Crippen molar-refractivity contribution in [2.75, 3.05) is 13.2 Å². The van der Waals surface area contributed by atoms with Gasteiger partial charge in [-0.15, -0.1) is 0 Å². The van der Waals surface area contributed by atoms with Gasteiger partial charge < -0.3 is 14.2 Å². The minimum atomic E-state index is -0.779. The summed E-state index contributed by atoms with van der Waals surface area (Å²) in [7, 11) is 0. The van der Waals surface area contributed by atoms with E-state index < -0.39 is 6.10 Å². The first-order valence-corrected chi connectivity index (χ1v) is 30.1. The largest absolute Gasteiger partial charge is 0.462 e. The van der Waals surface area contributed by atoms with Gasteiger partial charge in [-0.1, -0.05) is 243 Å². The molecule has 0 aromatic carbocycles. The summed E-state index contributed by atoms with van der Waals surface area (Å²) in [5, 5.41) is 0. The molecule has 0 radical (unpaired) electrons. The van der Waals surface area contributed by atoms with Crippen molar-refractivity contribution in [3.05, 3.63) is 48.6 Å². The fourth-order valence-electron chi connectivity index (χ4n) is 8.70. The first kappa shape index (κ1) is 66.4. The topological polar surface area (TPSA) is 78.9 Å². The number of carbonyl (C=O) groups is 3. The third-order valence-corrected chi connectivity index (χ3v) is 13.3. The third-order valence-electron chi connectivity index (χ3n) is 13.3. The number of esters is 3. The highest BCUT2D eigenvalue weighted by Gasteiger charge is 2.19. The van der Waals surface area contributed by atoms with Crippen LogP contribution in [0.3, 0.4) is 0 Å². The SMILES string of the molecule is CCCCC/C=C\C/C=C\CCCCCCCCCCCC(=O)OCC(COC(=O)CCCCCCC/C=C\CCCCCC)OC(=O)CCCCCCCCCCC/C=C\CCCCCCCC. The molecule has 6 heteroatoms. The Labute approximate surface area is 428 Å². The Balaban J connectivity index is 4.34. The molecule has 0 fully saturated rings. The molecule has 0 heterocycles. The average molecular weight is 968 g/mol. The Kier molecular flexibility index (Phi) is 55.7. The molecule has 1 atom stereocenters. The van der Waals surface area contributed by atoms with Crippen LogP contribution in [0.15, 0.2) is 48.6 Å². The highest BCUT2D eigenvalue weighted by molar-refractivity contribution is 5.71. The van der Waals surface area contributed by atoms with Crippen molar-refractivity contribution in [3.8, 4) is 0 Å². The predicted octanol–water partition coefficient (Wildman–Crippen LogP) is 20.2. The molecule has 0 aromatic rings. The van der Waals surface area contributed by atoms with Gasteiger partial charge in [-0.25, -0.2) is 0 Å². The van der Waals surface area contributed by atoms with E-state index in [1.807, 2.05) is 0 Å². The molecule has 0 rings (SSSR count). The van der Waals surface area contributed by atoms with E-state index in [1.165, 1.54) is 205 Å². The van der Waals surface area contributed by atoms with Gasteiger partial charge in [0.15, 0.2) is 6.10 Å². The summed E-state index contributed by atoms with van der Waals surface area (Å²) in [6.45, 7) is 6.62. The van der Waals surface area contributed by atoms with Crippen LogP contribution < -0.4 is 0 Å². The van der Waals surface area contributed by atoms with E-state index in [0.717, 1.165) is 70.6 Å². The molecule has 402 valence electrons. The summed E-state index contributed by atoms with van der Waals surface area (Å²) in [5.74, 6) is -0.876. The minimum Gasteiger partial charge on any atom is -0.462 e. The summed E-state index contributed by atoms with van der Waals surface area (Å²) in [6, 6.07) is 0. The highest BCUT2D eigenvalue weighted by Crippen LogP contribution is 2.16. The van der Waals surface area contributed by atoms with E-state index in [9.17, 15) is 14.4 Å². The summed E-state index contributed by atoms with van der Waals surface area (Å²) in [6.07, 6.45) is 71.0. The second-order valence-corrected chi connectivity index (χ2v) is 20.2. The maximum Gasteiger partial charge on any atom is 0.306 e. The van der Waals surface area contributed by atoms with Crippen molar-refractivity contribution >= 4 is 17.9 Å². The summed E-state index contributed by atoms with van der Waals surface area (Å²) in [4.78, 5) is 38.2. The molecule has 0 aromatic heterocycles. The number of hydrogen-bond donors (Lipinski definition) is 0. The van der Waals surface area contributed by atoms with Crippen LogP contribution >= 0.6 is 0 Å². The van der Waals surface area contributed by atoms with Crippen LogP contribution in [0.2, 0.25) is 0 Å². The monoisotopic (exact) mass is 967 g/mol. The van der Waals surface area contributed by atoms with Crippen molar-refractivity contribution in [2.45, 2.75) is 322 Å². The van der Waals surface area contributed by atoms with Crippen LogP contribution in [0.5, 0.6) is 0 Å². The molecule has 0 N–H and O–H groups in total. The number of carbonyl (C=O) groups excluding carboxylic acids is 3. The second-order valence-electron chi connectivity index (χ2n) is 20.2. The molecule has 0 saturated carbocycles. The van der Waals surface area contributed by atoms with Crippen LogP contribution in [0.1, 0.15) is 316 Å². The number of hydrogen-bond acceptors (Lipinski definition) is 6. The maximum absolute atomic E-state index is 12.9. The number of unbranched alkanes of at least 4 members (excludes halogenated alkanes) is 36. The zero-order valence-corrected chi connectivity index (χ0v) is 46.1. The predicted molar refractivity (Wildman–Crippen MR) is 298 cm³/mol. The molecule has 0 aliphatic rings. The van der Waals surface area contributed by atoms with Gasteiger partial charge in [0.05, 0.1) is 0 Å². The Hall–Kier alpha value is -2.63. The van der Waals surface area contributed by atoms with Crippen molar-refractivity contribution < 1.29 is 28.6 Å². The lowest BCUT2D eigenvalue weighted by Gasteiger charge is -2.18. The molecule has 0 amide bonds. The van der Waals surface area contributed by atoms with Crippen molar-refractivity contribution in [1.82, 2.24) is 0 Å². The van der Waals surface area contributed by atoms with E-state index in [0.29, 0.717) is 19.3 Å². The van der Waals surface area contributed by atoms with E-state index in [4.69, 9.17) is 14.2 Å². The Morgan fingerprint density at radius 1 is 0.290 bits per heavy atom. The average Bonchev–Trinajstić information content (AvgIpc) is 3.35. The van der Waals surface area contributed by atoms with E-state index >= 15 is 0 Å². The second kappa shape index (κ2) is 57.9. The lowest BCUT2D eigenvalue weighted by atomic mass is 10.1. The fraction of sp³-hybridized carbons (Fsp3) is 0.825. The van der Waals surface area contributed by atoms with Gasteiger partial charge in [-0.3, -0.25) is 14.4 Å². The van der Waals surface area contributed by atoms with Gasteiger partial charge >= 0.3 is 17.9 Å². The molecular weight excluding hydrogens is 853 g/mol. The normalized spacial score (nSPS) is 12.3. The molecule has 69 heavy (non-hydrogen) atoms. The highest BCUT2D eigenvalue weighted by atomic mass is 16.6.